The number of aryl methyl sites for hydroxylation is 1. The van der Waals surface area contributed by atoms with E-state index in [4.69, 9.17) is 4.74 Å². The minimum absolute atomic E-state index is 0.0233. The molecule has 1 fully saturated rings. The molecule has 0 spiro atoms. The van der Waals surface area contributed by atoms with E-state index in [0.717, 1.165) is 18.4 Å². The largest absolute Gasteiger partial charge is 0.452 e. The number of benzene rings is 1. The van der Waals surface area contributed by atoms with E-state index in [-0.39, 0.29) is 18.6 Å². The van der Waals surface area contributed by atoms with E-state index in [1.165, 1.54) is 11.5 Å². The van der Waals surface area contributed by atoms with Crippen molar-refractivity contribution in [2.24, 2.45) is 5.92 Å². The molecule has 1 aliphatic carbocycles. The van der Waals surface area contributed by atoms with Gasteiger partial charge < -0.3 is 15.4 Å². The van der Waals surface area contributed by atoms with Crippen LogP contribution in [0.3, 0.4) is 0 Å². The second-order valence-electron chi connectivity index (χ2n) is 6.09. The Morgan fingerprint density at radius 3 is 2.68 bits per heavy atom. The Labute approximate surface area is 150 Å². The summed E-state index contributed by atoms with van der Waals surface area (Å²) in [4.78, 5) is 24.5. The maximum Gasteiger partial charge on any atom is 0.343 e. The Kier molecular flexibility index (Phi) is 5.33. The van der Waals surface area contributed by atoms with Gasteiger partial charge in [0.25, 0.3) is 5.91 Å². The number of anilines is 1. The van der Waals surface area contributed by atoms with Crippen LogP contribution in [0.5, 0.6) is 0 Å². The van der Waals surface area contributed by atoms with Gasteiger partial charge in [-0.05, 0) is 42.8 Å². The van der Waals surface area contributed by atoms with Crippen LogP contribution in [0.15, 0.2) is 30.3 Å². The number of carbonyl (C=O) groups is 2. The summed E-state index contributed by atoms with van der Waals surface area (Å²) >= 11 is 1.20. The molecule has 1 amide bonds. The summed E-state index contributed by atoms with van der Waals surface area (Å²) in [5, 5.41) is 6.55. The zero-order valence-electron chi connectivity index (χ0n) is 14.2. The molecule has 1 heterocycles. The summed E-state index contributed by atoms with van der Waals surface area (Å²) in [6.45, 7) is 1.44. The van der Waals surface area contributed by atoms with E-state index in [9.17, 15) is 9.59 Å². The number of hydrogen-bond acceptors (Lipinski definition) is 6. The molecule has 0 aliphatic heterocycles. The van der Waals surface area contributed by atoms with Crippen LogP contribution in [-0.4, -0.2) is 29.9 Å². The van der Waals surface area contributed by atoms with E-state index >= 15 is 0 Å². The van der Waals surface area contributed by atoms with Crippen molar-refractivity contribution in [2.75, 3.05) is 19.0 Å². The number of nitrogens with zero attached hydrogens (tertiary/aromatic N) is 1. The van der Waals surface area contributed by atoms with E-state index in [2.05, 4.69) is 15.0 Å². The van der Waals surface area contributed by atoms with Gasteiger partial charge in [0.05, 0.1) is 11.7 Å². The minimum atomic E-state index is -0.534. The van der Waals surface area contributed by atoms with Crippen LogP contribution < -0.4 is 10.6 Å². The smallest absolute Gasteiger partial charge is 0.343 e. The van der Waals surface area contributed by atoms with Crippen molar-refractivity contribution in [1.29, 1.82) is 0 Å². The molecule has 7 heteroatoms. The highest BCUT2D eigenvalue weighted by Crippen LogP contribution is 2.40. The fraction of sp³-hybridized carbons (Fsp3) is 0.389. The first-order valence-electron chi connectivity index (χ1n) is 8.25. The number of ether oxygens (including phenoxy) is 1. The van der Waals surface area contributed by atoms with Gasteiger partial charge in [0.2, 0.25) is 0 Å². The van der Waals surface area contributed by atoms with E-state index in [1.807, 2.05) is 30.3 Å². The molecule has 0 saturated heterocycles. The standard InChI is InChI=1S/C18H21N3O3S/c1-11-15(17(19-2)25-21-11)18(23)24-10-14(22)20-16(13-8-9-13)12-6-4-3-5-7-12/h3-7,13,16,19H,8-10H2,1-2H3,(H,20,22). The summed E-state index contributed by atoms with van der Waals surface area (Å²) in [6, 6.07) is 9.87. The van der Waals surface area contributed by atoms with Crippen LogP contribution in [0.25, 0.3) is 0 Å². The predicted molar refractivity (Wildman–Crippen MR) is 96.7 cm³/mol. The van der Waals surface area contributed by atoms with Crippen LogP contribution >= 0.6 is 11.5 Å². The van der Waals surface area contributed by atoms with Gasteiger partial charge in [-0.3, -0.25) is 4.79 Å². The van der Waals surface area contributed by atoms with E-state index < -0.39 is 5.97 Å². The highest BCUT2D eigenvalue weighted by Gasteiger charge is 2.33. The van der Waals surface area contributed by atoms with Crippen molar-refractivity contribution in [2.45, 2.75) is 25.8 Å². The lowest BCUT2D eigenvalue weighted by atomic mass is 10.0. The van der Waals surface area contributed by atoms with E-state index in [1.54, 1.807) is 14.0 Å². The SMILES string of the molecule is CNc1snc(C)c1C(=O)OCC(=O)NC(c1ccccc1)C1CC1. The first kappa shape index (κ1) is 17.4. The zero-order valence-corrected chi connectivity index (χ0v) is 15.1. The number of nitrogens with one attached hydrogen (secondary N) is 2. The van der Waals surface area contributed by atoms with E-state index in [0.29, 0.717) is 22.2 Å². The summed E-state index contributed by atoms with van der Waals surface area (Å²) in [5.74, 6) is -0.365. The average molecular weight is 359 g/mol. The summed E-state index contributed by atoms with van der Waals surface area (Å²) in [7, 11) is 1.72. The first-order chi connectivity index (χ1) is 12.1. The van der Waals surface area contributed by atoms with Crippen molar-refractivity contribution >= 4 is 28.4 Å². The number of carbonyl (C=O) groups excluding carboxylic acids is 2. The molecule has 132 valence electrons. The second kappa shape index (κ2) is 7.65. The minimum Gasteiger partial charge on any atom is -0.452 e. The third-order valence-electron chi connectivity index (χ3n) is 4.20. The Morgan fingerprint density at radius 1 is 1.32 bits per heavy atom. The van der Waals surface area contributed by atoms with Gasteiger partial charge in [-0.2, -0.15) is 4.37 Å². The topological polar surface area (TPSA) is 80.3 Å². The molecule has 1 aromatic heterocycles. The molecule has 1 unspecified atom stereocenters. The van der Waals surface area contributed by atoms with Crippen LogP contribution in [0.2, 0.25) is 0 Å². The molecule has 3 rings (SSSR count). The molecule has 6 nitrogen and oxygen atoms in total. The quantitative estimate of drug-likeness (QED) is 0.743. The molecule has 25 heavy (non-hydrogen) atoms. The number of aromatic nitrogens is 1. The third kappa shape index (κ3) is 4.17. The number of hydrogen-bond donors (Lipinski definition) is 2. The van der Waals surface area contributed by atoms with Crippen molar-refractivity contribution in [3.05, 3.63) is 47.2 Å². The molecule has 1 atom stereocenters. The normalized spacial score (nSPS) is 14.6. The molecule has 0 bridgehead atoms. The average Bonchev–Trinajstić information content (AvgIpc) is 3.40. The molecular weight excluding hydrogens is 338 g/mol. The maximum atomic E-state index is 12.3. The molecular formula is C18H21N3O3S. The summed E-state index contributed by atoms with van der Waals surface area (Å²) < 4.78 is 9.32. The van der Waals surface area contributed by atoms with Crippen LogP contribution in [-0.2, 0) is 9.53 Å². The Hall–Kier alpha value is -2.41. The number of rotatable bonds is 7. The molecule has 1 saturated carbocycles. The Morgan fingerprint density at radius 2 is 2.04 bits per heavy atom. The Bertz CT molecular complexity index is 756. The summed E-state index contributed by atoms with van der Waals surface area (Å²) in [5.41, 5.74) is 2.07. The van der Waals surface area contributed by atoms with Crippen molar-refractivity contribution < 1.29 is 14.3 Å². The van der Waals surface area contributed by atoms with Gasteiger partial charge in [0.1, 0.15) is 10.6 Å². The molecule has 2 aromatic rings. The van der Waals surface area contributed by atoms with Crippen molar-refractivity contribution in [3.63, 3.8) is 0 Å². The lowest BCUT2D eigenvalue weighted by Crippen LogP contribution is -2.33. The third-order valence-corrected chi connectivity index (χ3v) is 5.15. The number of amides is 1. The van der Waals surface area contributed by atoms with Gasteiger partial charge in [-0.15, -0.1) is 0 Å². The van der Waals surface area contributed by atoms with Crippen LogP contribution in [0, 0.1) is 12.8 Å². The Balaban J connectivity index is 1.59. The molecule has 2 N–H and O–H groups in total. The first-order valence-corrected chi connectivity index (χ1v) is 9.03. The second-order valence-corrected chi connectivity index (χ2v) is 6.86. The van der Waals surface area contributed by atoms with Gasteiger partial charge in [-0.25, -0.2) is 4.79 Å². The lowest BCUT2D eigenvalue weighted by Gasteiger charge is -2.18. The summed E-state index contributed by atoms with van der Waals surface area (Å²) in [6.07, 6.45) is 2.20. The maximum absolute atomic E-state index is 12.3. The van der Waals surface area contributed by atoms with Crippen molar-refractivity contribution in [3.8, 4) is 0 Å². The van der Waals surface area contributed by atoms with Crippen LogP contribution in [0.4, 0.5) is 5.00 Å². The number of esters is 1. The fourth-order valence-corrected chi connectivity index (χ4v) is 3.50. The highest BCUT2D eigenvalue weighted by molar-refractivity contribution is 7.10. The zero-order chi connectivity index (χ0) is 17.8. The highest BCUT2D eigenvalue weighted by atomic mass is 32.1. The van der Waals surface area contributed by atoms with Gasteiger partial charge in [0, 0.05) is 7.05 Å². The van der Waals surface area contributed by atoms with Gasteiger partial charge >= 0.3 is 5.97 Å². The van der Waals surface area contributed by atoms with Gasteiger partial charge in [-0.1, -0.05) is 30.3 Å². The predicted octanol–water partition coefficient (Wildman–Crippen LogP) is 2.92. The monoisotopic (exact) mass is 359 g/mol. The fourth-order valence-electron chi connectivity index (χ4n) is 2.76. The molecule has 0 radical (unpaired) electrons. The molecule has 1 aromatic carbocycles. The van der Waals surface area contributed by atoms with Crippen LogP contribution in [0.1, 0.15) is 40.5 Å². The van der Waals surface area contributed by atoms with Gasteiger partial charge in [0.15, 0.2) is 6.61 Å². The lowest BCUT2D eigenvalue weighted by molar-refractivity contribution is -0.125. The van der Waals surface area contributed by atoms with Crippen molar-refractivity contribution in [1.82, 2.24) is 9.69 Å². The molecule has 1 aliphatic rings.